The molecule has 1 atom stereocenters. The third-order valence-corrected chi connectivity index (χ3v) is 3.57. The number of fused-ring (bicyclic) bond motifs is 1. The van der Waals surface area contributed by atoms with Crippen LogP contribution >= 0.6 is 0 Å². The minimum absolute atomic E-state index is 0.446. The Balaban J connectivity index is 1.63. The number of rotatable bonds is 4. The van der Waals surface area contributed by atoms with Crippen LogP contribution in [0.4, 0.5) is 0 Å². The van der Waals surface area contributed by atoms with Crippen molar-refractivity contribution >= 4 is 0 Å². The van der Waals surface area contributed by atoms with E-state index in [0.29, 0.717) is 6.42 Å². The molecule has 0 bridgehead atoms. The molecule has 4 heteroatoms. The van der Waals surface area contributed by atoms with E-state index in [-0.39, 0.29) is 0 Å². The fraction of sp³-hybridized carbons (Fsp3) is 0.400. The van der Waals surface area contributed by atoms with Crippen molar-refractivity contribution in [2.75, 3.05) is 6.61 Å². The summed E-state index contributed by atoms with van der Waals surface area (Å²) >= 11 is 0. The lowest BCUT2D eigenvalue weighted by Gasteiger charge is -2.09. The van der Waals surface area contributed by atoms with Crippen LogP contribution in [-0.4, -0.2) is 21.5 Å². The average Bonchev–Trinajstić information content (AvgIpc) is 3.03. The number of nitrogens with zero attached hydrogens (tertiary/aromatic N) is 2. The molecule has 1 N–H and O–H groups in total. The number of hydrogen-bond acceptors (Lipinski definition) is 3. The van der Waals surface area contributed by atoms with Gasteiger partial charge in [0, 0.05) is 25.2 Å². The molecule has 1 aromatic heterocycles. The van der Waals surface area contributed by atoms with E-state index < -0.39 is 6.10 Å². The fourth-order valence-corrected chi connectivity index (χ4v) is 2.48. The first-order valence-electron chi connectivity index (χ1n) is 6.63. The third kappa shape index (κ3) is 2.63. The van der Waals surface area contributed by atoms with Crippen LogP contribution in [0.15, 0.2) is 30.6 Å². The van der Waals surface area contributed by atoms with Crippen molar-refractivity contribution in [1.29, 1.82) is 0 Å². The molecule has 100 valence electrons. The number of hydrogen-bond donors (Lipinski definition) is 1. The third-order valence-electron chi connectivity index (χ3n) is 3.57. The van der Waals surface area contributed by atoms with Gasteiger partial charge in [-0.1, -0.05) is 12.1 Å². The van der Waals surface area contributed by atoms with Crippen molar-refractivity contribution in [2.24, 2.45) is 7.05 Å². The van der Waals surface area contributed by atoms with Gasteiger partial charge in [0.2, 0.25) is 0 Å². The summed E-state index contributed by atoms with van der Waals surface area (Å²) in [4.78, 5) is 0. The zero-order valence-corrected chi connectivity index (χ0v) is 11.0. The number of benzene rings is 1. The van der Waals surface area contributed by atoms with E-state index in [2.05, 4.69) is 17.2 Å². The molecule has 3 rings (SSSR count). The molecule has 2 heterocycles. The molecule has 1 aromatic carbocycles. The molecule has 0 aliphatic carbocycles. The number of aryl methyl sites for hydroxylation is 2. The predicted molar refractivity (Wildman–Crippen MR) is 72.1 cm³/mol. The molecule has 0 spiro atoms. The van der Waals surface area contributed by atoms with Crippen molar-refractivity contribution in [3.8, 4) is 5.75 Å². The predicted octanol–water partition coefficient (Wildman–Crippen LogP) is 2.02. The molecule has 2 aromatic rings. The van der Waals surface area contributed by atoms with Crippen LogP contribution in [0.3, 0.4) is 0 Å². The van der Waals surface area contributed by atoms with Crippen molar-refractivity contribution in [1.82, 2.24) is 9.78 Å². The molecule has 4 nitrogen and oxygen atoms in total. The molecule has 0 saturated heterocycles. The minimum Gasteiger partial charge on any atom is -0.493 e. The van der Waals surface area contributed by atoms with Crippen molar-refractivity contribution < 1.29 is 9.84 Å². The summed E-state index contributed by atoms with van der Waals surface area (Å²) in [6, 6.07) is 6.31. The standard InChI is InChI=1S/C15H18N2O2/c1-17-10-13(9-16-17)14(18)4-2-11-3-5-15-12(8-11)6-7-19-15/h3,5,8-10,14,18H,2,4,6-7H2,1H3. The first-order valence-corrected chi connectivity index (χ1v) is 6.63. The summed E-state index contributed by atoms with van der Waals surface area (Å²) in [6.07, 6.45) is 5.71. The lowest BCUT2D eigenvalue weighted by Crippen LogP contribution is -1.99. The zero-order valence-electron chi connectivity index (χ0n) is 11.0. The quantitative estimate of drug-likeness (QED) is 0.912. The van der Waals surface area contributed by atoms with Gasteiger partial charge in [0.05, 0.1) is 18.9 Å². The first-order chi connectivity index (χ1) is 9.22. The maximum atomic E-state index is 10.1. The summed E-state index contributed by atoms with van der Waals surface area (Å²) in [5, 5.41) is 14.2. The van der Waals surface area contributed by atoms with Crippen LogP contribution in [0.1, 0.15) is 29.2 Å². The largest absolute Gasteiger partial charge is 0.493 e. The average molecular weight is 258 g/mol. The van der Waals surface area contributed by atoms with Gasteiger partial charge >= 0.3 is 0 Å². The van der Waals surface area contributed by atoms with Crippen LogP contribution in [0.25, 0.3) is 0 Å². The van der Waals surface area contributed by atoms with Gasteiger partial charge in [-0.3, -0.25) is 4.68 Å². The van der Waals surface area contributed by atoms with Gasteiger partial charge in [-0.25, -0.2) is 0 Å². The van der Waals surface area contributed by atoms with E-state index in [1.54, 1.807) is 10.9 Å². The monoisotopic (exact) mass is 258 g/mol. The zero-order chi connectivity index (χ0) is 13.2. The van der Waals surface area contributed by atoms with E-state index in [1.807, 2.05) is 19.3 Å². The lowest BCUT2D eigenvalue weighted by molar-refractivity contribution is 0.168. The highest BCUT2D eigenvalue weighted by Gasteiger charge is 2.13. The van der Waals surface area contributed by atoms with E-state index >= 15 is 0 Å². The second kappa shape index (κ2) is 5.05. The number of ether oxygens (including phenoxy) is 1. The highest BCUT2D eigenvalue weighted by atomic mass is 16.5. The van der Waals surface area contributed by atoms with Crippen molar-refractivity contribution in [2.45, 2.75) is 25.4 Å². The van der Waals surface area contributed by atoms with Gasteiger partial charge in [-0.15, -0.1) is 0 Å². The Kier molecular flexibility index (Phi) is 3.25. The minimum atomic E-state index is -0.446. The van der Waals surface area contributed by atoms with Crippen LogP contribution in [0.2, 0.25) is 0 Å². The summed E-state index contributed by atoms with van der Waals surface area (Å²) < 4.78 is 7.20. The normalized spacial score (nSPS) is 15.1. The van der Waals surface area contributed by atoms with E-state index in [1.165, 1.54) is 11.1 Å². The molecule has 1 aliphatic heterocycles. The maximum Gasteiger partial charge on any atom is 0.122 e. The van der Waals surface area contributed by atoms with E-state index in [4.69, 9.17) is 4.74 Å². The summed E-state index contributed by atoms with van der Waals surface area (Å²) in [6.45, 7) is 0.789. The first kappa shape index (κ1) is 12.2. The van der Waals surface area contributed by atoms with E-state index in [9.17, 15) is 5.11 Å². The Morgan fingerprint density at radius 1 is 1.47 bits per heavy atom. The second-order valence-corrected chi connectivity index (χ2v) is 5.04. The van der Waals surface area contributed by atoms with Crippen LogP contribution in [0, 0.1) is 0 Å². The molecule has 0 fully saturated rings. The summed E-state index contributed by atoms with van der Waals surface area (Å²) in [7, 11) is 1.86. The van der Waals surface area contributed by atoms with E-state index in [0.717, 1.165) is 30.8 Å². The Bertz CT molecular complexity index is 577. The highest BCUT2D eigenvalue weighted by Crippen LogP contribution is 2.27. The SMILES string of the molecule is Cn1cc(C(O)CCc2ccc3c(c2)CCO3)cn1. The van der Waals surface area contributed by atoms with Crippen LogP contribution in [0.5, 0.6) is 5.75 Å². The van der Waals surface area contributed by atoms with Crippen LogP contribution < -0.4 is 4.74 Å². The van der Waals surface area contributed by atoms with Crippen LogP contribution in [-0.2, 0) is 19.9 Å². The number of aliphatic hydroxyl groups is 1. The van der Waals surface area contributed by atoms with Gasteiger partial charge in [0.25, 0.3) is 0 Å². The molecule has 1 unspecified atom stereocenters. The Hall–Kier alpha value is -1.81. The van der Waals surface area contributed by atoms with Gasteiger partial charge in [-0.2, -0.15) is 5.10 Å². The van der Waals surface area contributed by atoms with Gasteiger partial charge in [0.15, 0.2) is 0 Å². The maximum absolute atomic E-state index is 10.1. The lowest BCUT2D eigenvalue weighted by atomic mass is 10.0. The van der Waals surface area contributed by atoms with Gasteiger partial charge < -0.3 is 9.84 Å². The molecule has 1 aliphatic rings. The number of aliphatic hydroxyl groups excluding tert-OH is 1. The topological polar surface area (TPSA) is 47.3 Å². The molecule has 0 radical (unpaired) electrons. The Labute approximate surface area is 112 Å². The Morgan fingerprint density at radius 2 is 2.37 bits per heavy atom. The molecule has 0 amide bonds. The molecular weight excluding hydrogens is 240 g/mol. The smallest absolute Gasteiger partial charge is 0.122 e. The fourth-order valence-electron chi connectivity index (χ4n) is 2.48. The van der Waals surface area contributed by atoms with Gasteiger partial charge in [-0.05, 0) is 30.0 Å². The Morgan fingerprint density at radius 3 is 3.16 bits per heavy atom. The van der Waals surface area contributed by atoms with Gasteiger partial charge in [0.1, 0.15) is 5.75 Å². The molecular formula is C15H18N2O2. The summed E-state index contributed by atoms with van der Waals surface area (Å²) in [5.41, 5.74) is 3.42. The number of aromatic nitrogens is 2. The molecule has 19 heavy (non-hydrogen) atoms. The molecule has 0 saturated carbocycles. The van der Waals surface area contributed by atoms with Crippen molar-refractivity contribution in [3.63, 3.8) is 0 Å². The summed E-state index contributed by atoms with van der Waals surface area (Å²) in [5.74, 6) is 1.01. The van der Waals surface area contributed by atoms with Crippen molar-refractivity contribution in [3.05, 3.63) is 47.3 Å². The highest BCUT2D eigenvalue weighted by molar-refractivity contribution is 5.39. The second-order valence-electron chi connectivity index (χ2n) is 5.04.